The Bertz CT molecular complexity index is 390. The van der Waals surface area contributed by atoms with E-state index in [1.54, 1.807) is 9.47 Å². The third kappa shape index (κ3) is 2.92. The average Bonchev–Trinajstić information content (AvgIpc) is 2.47. The number of aromatic nitrogens is 2. The van der Waals surface area contributed by atoms with Crippen molar-refractivity contribution in [2.75, 3.05) is 13.1 Å². The van der Waals surface area contributed by atoms with Gasteiger partial charge in [0, 0.05) is 25.0 Å². The van der Waals surface area contributed by atoms with Gasteiger partial charge in [0.15, 0.2) is 4.77 Å². The summed E-state index contributed by atoms with van der Waals surface area (Å²) in [7, 11) is 0. The second kappa shape index (κ2) is 5.11. The molecule has 0 saturated carbocycles. The number of hydrogen-bond acceptors (Lipinski definition) is 2. The number of nitrogens with one attached hydrogen (secondary N) is 1. The molecular formula is C10H17N3OS. The number of carbonyl (C=O) groups is 1. The van der Waals surface area contributed by atoms with Crippen LogP contribution in [0.1, 0.15) is 19.5 Å². The third-order valence-corrected chi connectivity index (χ3v) is 2.67. The number of aromatic amines is 1. The first-order valence-corrected chi connectivity index (χ1v) is 5.53. The zero-order valence-electron chi connectivity index (χ0n) is 9.41. The summed E-state index contributed by atoms with van der Waals surface area (Å²) < 4.78 is 2.37. The van der Waals surface area contributed by atoms with E-state index in [2.05, 4.69) is 4.98 Å². The monoisotopic (exact) mass is 227 g/mol. The lowest BCUT2D eigenvalue weighted by Gasteiger charge is -2.18. The van der Waals surface area contributed by atoms with Gasteiger partial charge < -0.3 is 14.5 Å². The van der Waals surface area contributed by atoms with Crippen LogP contribution in [0, 0.1) is 11.7 Å². The molecule has 0 fully saturated rings. The summed E-state index contributed by atoms with van der Waals surface area (Å²) in [6, 6.07) is 0. The quantitative estimate of drug-likeness (QED) is 0.796. The Morgan fingerprint density at radius 3 is 2.53 bits per heavy atom. The lowest BCUT2D eigenvalue weighted by atomic mass is 10.4. The Kier molecular flexibility index (Phi) is 4.08. The fourth-order valence-corrected chi connectivity index (χ4v) is 1.78. The highest BCUT2D eigenvalue weighted by Gasteiger charge is 2.10. The molecule has 5 heteroatoms. The van der Waals surface area contributed by atoms with Gasteiger partial charge in [-0.25, -0.2) is 0 Å². The molecule has 0 bridgehead atoms. The molecule has 0 aromatic carbocycles. The van der Waals surface area contributed by atoms with E-state index in [-0.39, 0.29) is 5.91 Å². The van der Waals surface area contributed by atoms with Crippen molar-refractivity contribution < 1.29 is 4.79 Å². The van der Waals surface area contributed by atoms with Crippen LogP contribution in [0.4, 0.5) is 0 Å². The number of aryl methyl sites for hydroxylation is 1. The second-order valence-electron chi connectivity index (χ2n) is 3.44. The highest BCUT2D eigenvalue weighted by molar-refractivity contribution is 7.71. The van der Waals surface area contributed by atoms with E-state index < -0.39 is 0 Å². The van der Waals surface area contributed by atoms with Gasteiger partial charge in [-0.2, -0.15) is 0 Å². The fraction of sp³-hybridized carbons (Fsp3) is 0.600. The zero-order chi connectivity index (χ0) is 11.4. The van der Waals surface area contributed by atoms with Crippen molar-refractivity contribution in [1.82, 2.24) is 14.5 Å². The number of amides is 1. The summed E-state index contributed by atoms with van der Waals surface area (Å²) in [6.07, 6.45) is 1.86. The lowest BCUT2D eigenvalue weighted by Crippen LogP contribution is -2.33. The van der Waals surface area contributed by atoms with Crippen molar-refractivity contribution in [3.63, 3.8) is 0 Å². The van der Waals surface area contributed by atoms with Gasteiger partial charge in [-0.1, -0.05) is 0 Å². The van der Waals surface area contributed by atoms with Gasteiger partial charge in [0.05, 0.1) is 0 Å². The number of H-pyrrole nitrogens is 1. The lowest BCUT2D eigenvalue weighted by molar-refractivity contribution is -0.131. The predicted molar refractivity (Wildman–Crippen MR) is 62.3 cm³/mol. The maximum absolute atomic E-state index is 11.8. The van der Waals surface area contributed by atoms with E-state index >= 15 is 0 Å². The highest BCUT2D eigenvalue weighted by Crippen LogP contribution is 1.99. The smallest absolute Gasteiger partial charge is 0.242 e. The molecule has 15 heavy (non-hydrogen) atoms. The van der Waals surface area contributed by atoms with Gasteiger partial charge in [-0.05, 0) is 33.0 Å². The van der Waals surface area contributed by atoms with Gasteiger partial charge >= 0.3 is 0 Å². The maximum atomic E-state index is 11.8. The van der Waals surface area contributed by atoms with Gasteiger partial charge in [0.1, 0.15) is 6.54 Å². The number of carbonyl (C=O) groups excluding carboxylic acids is 1. The first-order chi connectivity index (χ1) is 7.08. The minimum atomic E-state index is 0.107. The first-order valence-electron chi connectivity index (χ1n) is 5.12. The van der Waals surface area contributed by atoms with Crippen molar-refractivity contribution >= 4 is 18.1 Å². The van der Waals surface area contributed by atoms with Crippen LogP contribution in [0.25, 0.3) is 0 Å². The summed E-state index contributed by atoms with van der Waals surface area (Å²) >= 11 is 5.09. The number of likely N-dealkylation sites (N-methyl/N-ethyl adjacent to an activating group) is 1. The molecule has 0 atom stereocenters. The number of rotatable bonds is 4. The summed E-state index contributed by atoms with van der Waals surface area (Å²) in [4.78, 5) is 16.6. The van der Waals surface area contributed by atoms with Crippen LogP contribution in [0.15, 0.2) is 6.20 Å². The number of hydrogen-bond donors (Lipinski definition) is 1. The molecule has 0 spiro atoms. The molecule has 0 radical (unpaired) electrons. The average molecular weight is 227 g/mol. The van der Waals surface area contributed by atoms with Gasteiger partial charge in [-0.3, -0.25) is 4.79 Å². The van der Waals surface area contributed by atoms with Crippen molar-refractivity contribution in [1.29, 1.82) is 0 Å². The maximum Gasteiger partial charge on any atom is 0.242 e. The van der Waals surface area contributed by atoms with Gasteiger partial charge in [0.2, 0.25) is 5.91 Å². The minimum Gasteiger partial charge on any atom is -0.342 e. The highest BCUT2D eigenvalue weighted by atomic mass is 32.1. The van der Waals surface area contributed by atoms with Crippen LogP contribution in [-0.2, 0) is 11.3 Å². The van der Waals surface area contributed by atoms with Crippen LogP contribution in [0.5, 0.6) is 0 Å². The van der Waals surface area contributed by atoms with E-state index in [1.165, 1.54) is 0 Å². The van der Waals surface area contributed by atoms with E-state index in [0.717, 1.165) is 18.8 Å². The molecule has 4 nitrogen and oxygen atoms in total. The normalized spacial score (nSPS) is 10.3. The van der Waals surface area contributed by atoms with E-state index in [9.17, 15) is 4.79 Å². The van der Waals surface area contributed by atoms with Crippen LogP contribution in [0.3, 0.4) is 0 Å². The third-order valence-electron chi connectivity index (χ3n) is 2.34. The Labute approximate surface area is 94.9 Å². The van der Waals surface area contributed by atoms with Gasteiger partial charge in [-0.15, -0.1) is 0 Å². The van der Waals surface area contributed by atoms with Crippen LogP contribution < -0.4 is 0 Å². The van der Waals surface area contributed by atoms with E-state index in [1.807, 2.05) is 27.0 Å². The summed E-state index contributed by atoms with van der Waals surface area (Å²) in [5.41, 5.74) is 0.979. The van der Waals surface area contributed by atoms with Crippen molar-refractivity contribution in [2.24, 2.45) is 0 Å². The Balaban J connectivity index is 2.74. The summed E-state index contributed by atoms with van der Waals surface area (Å²) in [5.74, 6) is 0.107. The Morgan fingerprint density at radius 2 is 2.13 bits per heavy atom. The molecule has 0 saturated heterocycles. The molecule has 0 aliphatic carbocycles. The molecule has 1 rings (SSSR count). The molecule has 0 unspecified atom stereocenters. The number of nitrogens with zero attached hydrogens (tertiary/aromatic N) is 2. The first kappa shape index (κ1) is 12.0. The zero-order valence-corrected chi connectivity index (χ0v) is 10.2. The number of imidazole rings is 1. The second-order valence-corrected chi connectivity index (χ2v) is 3.82. The molecule has 1 aromatic rings. The van der Waals surface area contributed by atoms with Crippen LogP contribution in [-0.4, -0.2) is 33.4 Å². The molecule has 84 valence electrons. The summed E-state index contributed by atoms with van der Waals surface area (Å²) in [6.45, 7) is 7.68. The Hall–Kier alpha value is -1.10. The molecule has 1 amide bonds. The summed E-state index contributed by atoms with van der Waals surface area (Å²) in [5, 5.41) is 0. The largest absolute Gasteiger partial charge is 0.342 e. The Morgan fingerprint density at radius 1 is 1.53 bits per heavy atom. The fourth-order valence-electron chi connectivity index (χ4n) is 1.50. The van der Waals surface area contributed by atoms with Crippen molar-refractivity contribution in [3.05, 3.63) is 16.7 Å². The van der Waals surface area contributed by atoms with Crippen LogP contribution >= 0.6 is 12.2 Å². The molecule has 1 N–H and O–H groups in total. The molecular weight excluding hydrogens is 210 g/mol. The van der Waals surface area contributed by atoms with Crippen molar-refractivity contribution in [3.8, 4) is 0 Å². The molecule has 1 aromatic heterocycles. The standard InChI is InChI=1S/C10H17N3OS/c1-4-12(5-2)9(14)7-13-6-8(3)11-10(13)15/h6H,4-5,7H2,1-3H3,(H,11,15). The molecule has 0 aliphatic heterocycles. The van der Waals surface area contributed by atoms with E-state index in [4.69, 9.17) is 12.2 Å². The molecule has 0 aliphatic rings. The SMILES string of the molecule is CCN(CC)C(=O)Cn1cc(C)[nH]c1=S. The van der Waals surface area contributed by atoms with Crippen LogP contribution in [0.2, 0.25) is 0 Å². The van der Waals surface area contributed by atoms with Crippen molar-refractivity contribution in [2.45, 2.75) is 27.3 Å². The van der Waals surface area contributed by atoms with Gasteiger partial charge in [0.25, 0.3) is 0 Å². The predicted octanol–water partition coefficient (Wildman–Crippen LogP) is 1.72. The topological polar surface area (TPSA) is 41.0 Å². The molecule has 1 heterocycles. The minimum absolute atomic E-state index is 0.107. The van der Waals surface area contributed by atoms with E-state index in [0.29, 0.717) is 11.3 Å².